The molecule has 1 aliphatic rings. The third kappa shape index (κ3) is 2.79. The summed E-state index contributed by atoms with van der Waals surface area (Å²) >= 11 is 0. The molecule has 0 amide bonds. The average molecular weight is 281 g/mol. The van der Waals surface area contributed by atoms with Crippen molar-refractivity contribution in [2.24, 2.45) is 0 Å². The molecule has 2 atom stereocenters. The van der Waals surface area contributed by atoms with Crippen LogP contribution < -0.4 is 5.32 Å². The van der Waals surface area contributed by atoms with E-state index >= 15 is 0 Å². The number of benzene rings is 1. The fraction of sp³-hybridized carbons (Fsp3) is 0.294. The number of nitriles is 1. The molecule has 106 valence electrons. The van der Waals surface area contributed by atoms with Crippen molar-refractivity contribution < 1.29 is 4.39 Å². The minimum Gasteiger partial charge on any atom is -0.303 e. The lowest BCUT2D eigenvalue weighted by molar-refractivity contribution is 0.462. The van der Waals surface area contributed by atoms with Crippen LogP contribution in [0.4, 0.5) is 4.39 Å². The number of halogens is 1. The van der Waals surface area contributed by atoms with Gasteiger partial charge >= 0.3 is 0 Å². The van der Waals surface area contributed by atoms with Gasteiger partial charge in [-0.05, 0) is 54.7 Å². The van der Waals surface area contributed by atoms with Gasteiger partial charge in [-0.1, -0.05) is 6.07 Å². The molecular formula is C17H16FN3. The van der Waals surface area contributed by atoms with Gasteiger partial charge in [0.05, 0.1) is 17.8 Å². The van der Waals surface area contributed by atoms with Crippen LogP contribution in [-0.2, 0) is 6.42 Å². The molecule has 1 aliphatic carbocycles. The van der Waals surface area contributed by atoms with Gasteiger partial charge in [-0.15, -0.1) is 0 Å². The Morgan fingerprint density at radius 1 is 1.38 bits per heavy atom. The van der Waals surface area contributed by atoms with Crippen LogP contribution in [0.5, 0.6) is 0 Å². The summed E-state index contributed by atoms with van der Waals surface area (Å²) in [6.07, 6.45) is 4.90. The number of nitrogens with one attached hydrogen (secondary N) is 1. The van der Waals surface area contributed by atoms with Gasteiger partial charge in [-0.3, -0.25) is 4.98 Å². The van der Waals surface area contributed by atoms with Gasteiger partial charge in [0.2, 0.25) is 0 Å². The molecule has 1 aromatic heterocycles. The van der Waals surface area contributed by atoms with Gasteiger partial charge in [0.25, 0.3) is 0 Å². The zero-order chi connectivity index (χ0) is 14.8. The van der Waals surface area contributed by atoms with Crippen molar-refractivity contribution in [3.63, 3.8) is 0 Å². The largest absolute Gasteiger partial charge is 0.303 e. The number of rotatable bonds is 3. The number of hydrogen-bond acceptors (Lipinski definition) is 3. The molecule has 2 aromatic rings. The van der Waals surface area contributed by atoms with Gasteiger partial charge in [-0.25, -0.2) is 4.39 Å². The maximum absolute atomic E-state index is 13.3. The van der Waals surface area contributed by atoms with Crippen molar-refractivity contribution in [2.75, 3.05) is 0 Å². The van der Waals surface area contributed by atoms with E-state index in [1.807, 2.05) is 25.1 Å². The van der Waals surface area contributed by atoms with Crippen LogP contribution >= 0.6 is 0 Å². The van der Waals surface area contributed by atoms with Gasteiger partial charge < -0.3 is 5.32 Å². The van der Waals surface area contributed by atoms with E-state index in [2.05, 4.69) is 16.4 Å². The second kappa shape index (κ2) is 5.63. The molecular weight excluding hydrogens is 265 g/mol. The first-order valence-corrected chi connectivity index (χ1v) is 7.07. The Balaban J connectivity index is 1.80. The lowest BCUT2D eigenvalue weighted by Gasteiger charge is -2.20. The van der Waals surface area contributed by atoms with E-state index in [0.29, 0.717) is 5.56 Å². The summed E-state index contributed by atoms with van der Waals surface area (Å²) in [4.78, 5) is 3.89. The van der Waals surface area contributed by atoms with Crippen molar-refractivity contribution in [3.05, 3.63) is 64.7 Å². The first-order valence-electron chi connectivity index (χ1n) is 7.07. The Bertz CT molecular complexity index is 705. The summed E-state index contributed by atoms with van der Waals surface area (Å²) in [5, 5.41) is 12.5. The summed E-state index contributed by atoms with van der Waals surface area (Å²) in [6.45, 7) is 2.00. The van der Waals surface area contributed by atoms with Gasteiger partial charge in [-0.2, -0.15) is 5.26 Å². The standard InChI is InChI=1S/C17H16FN3/c1-11(14-7-15(18)10-20-9-14)21-17-5-4-13-3-2-12(8-19)6-16(13)17/h2-3,6-7,9-11,17,21H,4-5H2,1H3. The molecule has 0 radical (unpaired) electrons. The molecule has 0 saturated heterocycles. The molecule has 0 bridgehead atoms. The molecule has 2 unspecified atom stereocenters. The Kier molecular flexibility index (Phi) is 3.68. The Hall–Kier alpha value is -2.25. The molecule has 1 heterocycles. The second-order valence-corrected chi connectivity index (χ2v) is 5.44. The topological polar surface area (TPSA) is 48.7 Å². The lowest BCUT2D eigenvalue weighted by Crippen LogP contribution is -2.23. The van der Waals surface area contributed by atoms with Crippen LogP contribution in [0, 0.1) is 17.1 Å². The Labute approximate surface area is 123 Å². The highest BCUT2D eigenvalue weighted by Gasteiger charge is 2.24. The molecule has 3 rings (SSSR count). The van der Waals surface area contributed by atoms with Crippen LogP contribution in [0.3, 0.4) is 0 Å². The molecule has 3 nitrogen and oxygen atoms in total. The predicted molar refractivity (Wildman–Crippen MR) is 78.0 cm³/mol. The van der Waals surface area contributed by atoms with Crippen molar-refractivity contribution in [1.82, 2.24) is 10.3 Å². The van der Waals surface area contributed by atoms with Crippen LogP contribution in [0.1, 0.15) is 47.7 Å². The third-order valence-electron chi connectivity index (χ3n) is 4.03. The Morgan fingerprint density at radius 3 is 3.00 bits per heavy atom. The van der Waals surface area contributed by atoms with Crippen molar-refractivity contribution in [1.29, 1.82) is 5.26 Å². The van der Waals surface area contributed by atoms with E-state index in [4.69, 9.17) is 5.26 Å². The highest BCUT2D eigenvalue weighted by atomic mass is 19.1. The van der Waals surface area contributed by atoms with Crippen molar-refractivity contribution >= 4 is 0 Å². The zero-order valence-electron chi connectivity index (χ0n) is 11.8. The monoisotopic (exact) mass is 281 g/mol. The number of pyridine rings is 1. The quantitative estimate of drug-likeness (QED) is 0.937. The summed E-state index contributed by atoms with van der Waals surface area (Å²) in [5.74, 6) is -0.320. The summed E-state index contributed by atoms with van der Waals surface area (Å²) < 4.78 is 13.3. The zero-order valence-corrected chi connectivity index (χ0v) is 11.8. The maximum atomic E-state index is 13.3. The molecule has 1 N–H and O–H groups in total. The number of nitrogens with zero attached hydrogens (tertiary/aromatic N) is 2. The first kappa shape index (κ1) is 13.7. The van der Waals surface area contributed by atoms with Crippen molar-refractivity contribution in [2.45, 2.75) is 31.8 Å². The molecule has 4 heteroatoms. The highest BCUT2D eigenvalue weighted by molar-refractivity contribution is 5.42. The van der Waals surface area contributed by atoms with E-state index in [1.54, 1.807) is 6.20 Å². The minimum absolute atomic E-state index is 0.00916. The van der Waals surface area contributed by atoms with E-state index in [1.165, 1.54) is 23.4 Å². The Morgan fingerprint density at radius 2 is 2.24 bits per heavy atom. The predicted octanol–water partition coefficient (Wildman–Crippen LogP) is 3.43. The first-order chi connectivity index (χ1) is 10.2. The van der Waals surface area contributed by atoms with Crippen LogP contribution in [-0.4, -0.2) is 4.98 Å². The molecule has 1 aromatic carbocycles. The number of aromatic nitrogens is 1. The normalized spacial score (nSPS) is 18.0. The molecule has 0 saturated carbocycles. The number of hydrogen-bond donors (Lipinski definition) is 1. The van der Waals surface area contributed by atoms with Crippen LogP contribution in [0.2, 0.25) is 0 Å². The number of aryl methyl sites for hydroxylation is 1. The van der Waals surface area contributed by atoms with Crippen molar-refractivity contribution in [3.8, 4) is 6.07 Å². The SMILES string of the molecule is CC(NC1CCc2ccc(C#N)cc21)c1cncc(F)c1. The van der Waals surface area contributed by atoms with E-state index in [-0.39, 0.29) is 17.9 Å². The van der Waals surface area contributed by atoms with Gasteiger partial charge in [0, 0.05) is 18.3 Å². The number of fused-ring (bicyclic) bond motifs is 1. The summed E-state index contributed by atoms with van der Waals surface area (Å²) in [5.41, 5.74) is 3.99. The second-order valence-electron chi connectivity index (χ2n) is 5.44. The van der Waals surface area contributed by atoms with Crippen LogP contribution in [0.25, 0.3) is 0 Å². The van der Waals surface area contributed by atoms with Gasteiger partial charge in [0.15, 0.2) is 0 Å². The fourth-order valence-electron chi connectivity index (χ4n) is 2.91. The lowest BCUT2D eigenvalue weighted by atomic mass is 10.0. The fourth-order valence-corrected chi connectivity index (χ4v) is 2.91. The van der Waals surface area contributed by atoms with Crippen LogP contribution in [0.15, 0.2) is 36.7 Å². The summed E-state index contributed by atoms with van der Waals surface area (Å²) in [6, 6.07) is 9.75. The molecule has 0 aliphatic heterocycles. The minimum atomic E-state index is -0.320. The van der Waals surface area contributed by atoms with E-state index in [0.717, 1.165) is 18.4 Å². The third-order valence-corrected chi connectivity index (χ3v) is 4.03. The molecule has 0 fully saturated rings. The highest BCUT2D eigenvalue weighted by Crippen LogP contribution is 2.33. The van der Waals surface area contributed by atoms with E-state index < -0.39 is 0 Å². The average Bonchev–Trinajstić information content (AvgIpc) is 2.89. The van der Waals surface area contributed by atoms with Gasteiger partial charge in [0.1, 0.15) is 5.82 Å². The molecule has 0 spiro atoms. The maximum Gasteiger partial charge on any atom is 0.141 e. The van der Waals surface area contributed by atoms with E-state index in [9.17, 15) is 4.39 Å². The summed E-state index contributed by atoms with van der Waals surface area (Å²) in [7, 11) is 0. The smallest absolute Gasteiger partial charge is 0.141 e. The molecule has 21 heavy (non-hydrogen) atoms.